The Morgan fingerprint density at radius 1 is 0.786 bits per heavy atom. The number of benzene rings is 1. The molecular weight excluding hydrogens is 550 g/mol. The van der Waals surface area contributed by atoms with Crippen LogP contribution >= 0.6 is 0 Å². The van der Waals surface area contributed by atoms with Crippen LogP contribution in [0.1, 0.15) is 92.6 Å². The lowest BCUT2D eigenvalue weighted by Crippen LogP contribution is -2.42. The fourth-order valence-electron chi connectivity index (χ4n) is 4.19. The number of hydrogen-bond acceptors (Lipinski definition) is 11. The van der Waals surface area contributed by atoms with Crippen molar-refractivity contribution in [1.82, 2.24) is 0 Å². The Bertz CT molecular complexity index is 1030. The number of ether oxygens (including phenoxy) is 6. The maximum Gasteiger partial charge on any atom is 0.514 e. The summed E-state index contributed by atoms with van der Waals surface area (Å²) in [6.07, 6.45) is -1.79. The summed E-state index contributed by atoms with van der Waals surface area (Å²) in [5.41, 5.74) is 6.43. The molecule has 5 unspecified atom stereocenters. The SMILES string of the molecule is CCCC(C)OC(=O)Oc1ccc(C(C(C)C(C)OC(=O)OCC(C)C)[C@H](N)C(=O)O)cc1OC(=O)OC(C)CCC. The van der Waals surface area contributed by atoms with Gasteiger partial charge in [-0.05, 0) is 57.2 Å². The first-order valence-electron chi connectivity index (χ1n) is 14.4. The van der Waals surface area contributed by atoms with E-state index >= 15 is 0 Å². The number of nitrogens with two attached hydrogens (primary N) is 1. The van der Waals surface area contributed by atoms with Crippen LogP contribution in [0.4, 0.5) is 14.4 Å². The van der Waals surface area contributed by atoms with Gasteiger partial charge in [0, 0.05) is 11.8 Å². The molecule has 0 aliphatic heterocycles. The van der Waals surface area contributed by atoms with Gasteiger partial charge in [-0.15, -0.1) is 0 Å². The van der Waals surface area contributed by atoms with Crippen LogP contribution in [-0.2, 0) is 23.7 Å². The van der Waals surface area contributed by atoms with Gasteiger partial charge in [0.2, 0.25) is 0 Å². The number of hydrogen-bond donors (Lipinski definition) is 2. The smallest absolute Gasteiger partial charge is 0.480 e. The molecule has 3 N–H and O–H groups in total. The maximum atomic E-state index is 12.6. The van der Waals surface area contributed by atoms with Crippen molar-refractivity contribution in [2.24, 2.45) is 17.6 Å². The molecule has 42 heavy (non-hydrogen) atoms. The first-order valence-corrected chi connectivity index (χ1v) is 14.4. The van der Waals surface area contributed by atoms with E-state index in [-0.39, 0.29) is 24.0 Å². The average Bonchev–Trinajstić information content (AvgIpc) is 2.88. The minimum Gasteiger partial charge on any atom is -0.480 e. The van der Waals surface area contributed by atoms with Crippen LogP contribution in [0, 0.1) is 11.8 Å². The largest absolute Gasteiger partial charge is 0.514 e. The Labute approximate surface area is 248 Å². The van der Waals surface area contributed by atoms with Gasteiger partial charge >= 0.3 is 24.4 Å². The lowest BCUT2D eigenvalue weighted by Gasteiger charge is -2.31. The summed E-state index contributed by atoms with van der Waals surface area (Å²) >= 11 is 0. The van der Waals surface area contributed by atoms with E-state index < -0.39 is 60.6 Å². The zero-order valence-corrected chi connectivity index (χ0v) is 25.9. The molecule has 0 amide bonds. The first-order chi connectivity index (χ1) is 19.7. The van der Waals surface area contributed by atoms with Crippen LogP contribution in [-0.4, -0.2) is 60.5 Å². The molecule has 12 nitrogen and oxygen atoms in total. The van der Waals surface area contributed by atoms with Crippen molar-refractivity contribution in [3.8, 4) is 11.5 Å². The van der Waals surface area contributed by atoms with E-state index in [4.69, 9.17) is 34.2 Å². The highest BCUT2D eigenvalue weighted by Gasteiger charge is 2.36. The Kier molecular flexibility index (Phi) is 15.7. The minimum absolute atomic E-state index is 0.0985. The van der Waals surface area contributed by atoms with Crippen molar-refractivity contribution in [2.45, 2.75) is 111 Å². The van der Waals surface area contributed by atoms with Crippen LogP contribution in [0.15, 0.2) is 18.2 Å². The molecular formula is C30H47NO11. The summed E-state index contributed by atoms with van der Waals surface area (Å²) in [6, 6.07) is 2.74. The molecule has 0 saturated heterocycles. The normalized spacial score (nSPS) is 15.4. The first kappa shape index (κ1) is 36.5. The number of carboxylic acid groups (broad SMARTS) is 1. The fourth-order valence-corrected chi connectivity index (χ4v) is 4.19. The van der Waals surface area contributed by atoms with Crippen molar-refractivity contribution >= 4 is 24.4 Å². The van der Waals surface area contributed by atoms with Crippen LogP contribution in [0.5, 0.6) is 11.5 Å². The van der Waals surface area contributed by atoms with Crippen LogP contribution < -0.4 is 15.2 Å². The molecule has 1 rings (SSSR count). The van der Waals surface area contributed by atoms with Crippen LogP contribution in [0.25, 0.3) is 0 Å². The van der Waals surface area contributed by atoms with Gasteiger partial charge in [-0.2, -0.15) is 0 Å². The number of aliphatic carboxylic acids is 1. The van der Waals surface area contributed by atoms with Gasteiger partial charge in [0.05, 0.1) is 6.61 Å². The third-order valence-corrected chi connectivity index (χ3v) is 6.52. The van der Waals surface area contributed by atoms with Crippen molar-refractivity contribution in [3.05, 3.63) is 23.8 Å². The van der Waals surface area contributed by atoms with E-state index in [1.165, 1.54) is 18.2 Å². The second-order valence-corrected chi connectivity index (χ2v) is 10.9. The molecule has 0 heterocycles. The second kappa shape index (κ2) is 18.1. The second-order valence-electron chi connectivity index (χ2n) is 10.9. The zero-order valence-electron chi connectivity index (χ0n) is 25.9. The average molecular weight is 598 g/mol. The van der Waals surface area contributed by atoms with Gasteiger partial charge in [0.15, 0.2) is 11.5 Å². The number of rotatable bonds is 16. The number of carbonyl (C=O) groups excluding carboxylic acids is 3. The highest BCUT2D eigenvalue weighted by Crippen LogP contribution is 2.37. The molecule has 0 bridgehead atoms. The monoisotopic (exact) mass is 597 g/mol. The molecule has 6 atom stereocenters. The highest BCUT2D eigenvalue weighted by molar-refractivity contribution is 5.75. The summed E-state index contributed by atoms with van der Waals surface area (Å²) in [7, 11) is 0. The third kappa shape index (κ3) is 12.5. The van der Waals surface area contributed by atoms with Crippen molar-refractivity contribution in [2.75, 3.05) is 6.61 Å². The predicted molar refractivity (Wildman–Crippen MR) is 154 cm³/mol. The fraction of sp³-hybridized carbons (Fsp3) is 0.667. The molecule has 0 aromatic heterocycles. The van der Waals surface area contributed by atoms with Gasteiger partial charge in [-0.3, -0.25) is 4.79 Å². The molecule has 238 valence electrons. The Balaban J connectivity index is 3.41. The standard InChI is InChI=1S/C30H47NO11/c1-9-11-18(5)38-29(35)41-23-14-13-22(15-24(23)42-30(36)39-19(6)12-10-2)25(26(31)27(32)33)20(7)21(8)40-28(34)37-16-17(3)4/h13-15,17-21,25-26H,9-12,16,31H2,1-8H3,(H,32,33)/t18?,19?,20?,21?,25?,26-/m0/s1. The Morgan fingerprint density at radius 2 is 1.31 bits per heavy atom. The number of carbonyl (C=O) groups is 4. The van der Waals surface area contributed by atoms with Crippen molar-refractivity contribution in [1.29, 1.82) is 0 Å². The van der Waals surface area contributed by atoms with Gasteiger partial charge < -0.3 is 39.3 Å². The summed E-state index contributed by atoms with van der Waals surface area (Å²) in [4.78, 5) is 49.2. The van der Waals surface area contributed by atoms with Crippen LogP contribution in [0.2, 0.25) is 0 Å². The molecule has 1 aromatic rings. The topological polar surface area (TPSA) is 170 Å². The predicted octanol–water partition coefficient (Wildman–Crippen LogP) is 6.42. The summed E-state index contributed by atoms with van der Waals surface area (Å²) in [5, 5.41) is 9.79. The zero-order chi connectivity index (χ0) is 32.0. The van der Waals surface area contributed by atoms with Gasteiger partial charge in [0.1, 0.15) is 24.4 Å². The summed E-state index contributed by atoms with van der Waals surface area (Å²) in [5.74, 6) is -3.13. The van der Waals surface area contributed by atoms with E-state index in [0.717, 1.165) is 12.8 Å². The van der Waals surface area contributed by atoms with Gasteiger partial charge in [-0.25, -0.2) is 14.4 Å². The summed E-state index contributed by atoms with van der Waals surface area (Å²) in [6.45, 7) is 14.5. The van der Waals surface area contributed by atoms with E-state index in [1.54, 1.807) is 27.7 Å². The molecule has 0 aliphatic carbocycles. The quantitative estimate of drug-likeness (QED) is 0.122. The van der Waals surface area contributed by atoms with Crippen molar-refractivity contribution in [3.63, 3.8) is 0 Å². The molecule has 12 heteroatoms. The minimum atomic E-state index is -1.44. The van der Waals surface area contributed by atoms with Gasteiger partial charge in [0.25, 0.3) is 0 Å². The molecule has 0 aliphatic rings. The molecule has 1 aromatic carbocycles. The third-order valence-electron chi connectivity index (χ3n) is 6.52. The maximum absolute atomic E-state index is 12.6. The van der Waals surface area contributed by atoms with Crippen molar-refractivity contribution < 1.29 is 52.7 Å². The summed E-state index contributed by atoms with van der Waals surface area (Å²) < 4.78 is 31.8. The van der Waals surface area contributed by atoms with Crippen LogP contribution in [0.3, 0.4) is 0 Å². The highest BCUT2D eigenvalue weighted by atomic mass is 16.8. The van der Waals surface area contributed by atoms with E-state index in [9.17, 15) is 24.3 Å². The molecule has 0 fully saturated rings. The van der Waals surface area contributed by atoms with E-state index in [0.29, 0.717) is 18.4 Å². The Morgan fingerprint density at radius 3 is 1.79 bits per heavy atom. The Hall–Kier alpha value is -3.54. The van der Waals surface area contributed by atoms with E-state index in [1.807, 2.05) is 27.7 Å². The lowest BCUT2D eigenvalue weighted by molar-refractivity contribution is -0.139. The van der Waals surface area contributed by atoms with E-state index in [2.05, 4.69) is 0 Å². The lowest BCUT2D eigenvalue weighted by atomic mass is 9.79. The van der Waals surface area contributed by atoms with Gasteiger partial charge in [-0.1, -0.05) is 53.5 Å². The number of carboxylic acids is 1. The molecule has 0 radical (unpaired) electrons. The molecule has 0 saturated carbocycles. The molecule has 0 spiro atoms.